The molecule has 3 heterocycles. The summed E-state index contributed by atoms with van der Waals surface area (Å²) in [5.74, 6) is -1.66. The van der Waals surface area contributed by atoms with Gasteiger partial charge in [-0.15, -0.1) is 0 Å². The molecule has 1 spiro atoms. The second-order valence-electron chi connectivity index (χ2n) is 8.65. The highest BCUT2D eigenvalue weighted by Gasteiger charge is 2.62. The third-order valence-electron chi connectivity index (χ3n) is 6.92. The molecule has 0 bridgehead atoms. The monoisotopic (exact) mass is 432 g/mol. The van der Waals surface area contributed by atoms with Crippen molar-refractivity contribution in [2.24, 2.45) is 11.1 Å². The molecule has 2 fully saturated rings. The number of amides is 5. The van der Waals surface area contributed by atoms with Crippen molar-refractivity contribution < 1.29 is 19.2 Å². The summed E-state index contributed by atoms with van der Waals surface area (Å²) >= 11 is 0. The van der Waals surface area contributed by atoms with Gasteiger partial charge in [0.1, 0.15) is 0 Å². The van der Waals surface area contributed by atoms with Crippen LogP contribution in [0.25, 0.3) is 0 Å². The summed E-state index contributed by atoms with van der Waals surface area (Å²) in [7, 11) is 0. The van der Waals surface area contributed by atoms with Gasteiger partial charge in [0, 0.05) is 17.8 Å². The van der Waals surface area contributed by atoms with Gasteiger partial charge in [0.25, 0.3) is 5.91 Å². The molecule has 5 rings (SSSR count). The number of barbiturate groups is 1. The summed E-state index contributed by atoms with van der Waals surface area (Å²) in [6, 6.07) is 12.7. The number of hydrogen-bond donors (Lipinski definition) is 2. The number of hydrogen-bond acceptors (Lipinski definition) is 5. The van der Waals surface area contributed by atoms with E-state index in [0.29, 0.717) is 12.1 Å². The molecule has 0 radical (unpaired) electrons. The molecule has 0 aliphatic carbocycles. The number of fused-ring (bicyclic) bond motifs is 4. The summed E-state index contributed by atoms with van der Waals surface area (Å²) in [5, 5.41) is 2.45. The van der Waals surface area contributed by atoms with Crippen LogP contribution in [0.1, 0.15) is 41.6 Å². The Balaban J connectivity index is 1.63. The van der Waals surface area contributed by atoms with E-state index in [1.54, 1.807) is 0 Å². The van der Waals surface area contributed by atoms with Crippen LogP contribution in [0.5, 0.6) is 0 Å². The van der Waals surface area contributed by atoms with Gasteiger partial charge in [-0.2, -0.15) is 0 Å². The van der Waals surface area contributed by atoms with E-state index in [1.165, 1.54) is 24.3 Å². The number of anilines is 2. The number of carbonyl (C=O) groups excluding carboxylic acids is 4. The van der Waals surface area contributed by atoms with Crippen molar-refractivity contribution in [1.82, 2.24) is 5.32 Å². The number of para-hydroxylation sites is 1. The summed E-state index contributed by atoms with van der Waals surface area (Å²) in [4.78, 5) is 54.9. The SMILES string of the molecule is NC(=O)c1ccc(N2C(=O)NC(=O)[C@@]3(Cc4ccccc4N4CCCCC[C@@H]43)C2=O)cc1. The van der Waals surface area contributed by atoms with Gasteiger partial charge < -0.3 is 10.6 Å². The average molecular weight is 432 g/mol. The van der Waals surface area contributed by atoms with Crippen LogP contribution >= 0.6 is 0 Å². The Morgan fingerprint density at radius 3 is 2.50 bits per heavy atom. The number of nitrogens with zero attached hydrogens (tertiary/aromatic N) is 2. The van der Waals surface area contributed by atoms with Crippen molar-refractivity contribution >= 4 is 35.1 Å². The molecule has 32 heavy (non-hydrogen) atoms. The Morgan fingerprint density at radius 1 is 1.00 bits per heavy atom. The molecule has 3 aliphatic heterocycles. The number of nitrogens with two attached hydrogens (primary N) is 1. The van der Waals surface area contributed by atoms with E-state index in [0.717, 1.165) is 42.0 Å². The van der Waals surface area contributed by atoms with Crippen molar-refractivity contribution in [2.75, 3.05) is 16.3 Å². The molecule has 8 nitrogen and oxygen atoms in total. The fourth-order valence-corrected chi connectivity index (χ4v) is 5.38. The predicted octanol–water partition coefficient (Wildman–Crippen LogP) is 2.36. The van der Waals surface area contributed by atoms with Gasteiger partial charge in [0.05, 0.1) is 11.7 Å². The summed E-state index contributed by atoms with van der Waals surface area (Å²) in [5.41, 5.74) is 6.45. The number of carbonyl (C=O) groups is 4. The first kappa shape index (κ1) is 20.2. The molecule has 2 saturated heterocycles. The fourth-order valence-electron chi connectivity index (χ4n) is 5.38. The Morgan fingerprint density at radius 2 is 1.75 bits per heavy atom. The minimum atomic E-state index is -1.41. The van der Waals surface area contributed by atoms with Crippen LogP contribution in [0.2, 0.25) is 0 Å². The Bertz CT molecular complexity index is 1130. The second-order valence-corrected chi connectivity index (χ2v) is 8.65. The van der Waals surface area contributed by atoms with Crippen LogP contribution in [-0.4, -0.2) is 36.3 Å². The van der Waals surface area contributed by atoms with E-state index in [-0.39, 0.29) is 18.0 Å². The molecule has 0 aromatic heterocycles. The molecule has 3 aliphatic rings. The van der Waals surface area contributed by atoms with Gasteiger partial charge in [-0.05, 0) is 55.2 Å². The maximum absolute atomic E-state index is 14.0. The topological polar surface area (TPSA) is 113 Å². The van der Waals surface area contributed by atoms with Gasteiger partial charge in [0.15, 0.2) is 5.41 Å². The normalized spacial score (nSPS) is 25.1. The van der Waals surface area contributed by atoms with Crippen molar-refractivity contribution in [3.63, 3.8) is 0 Å². The number of rotatable bonds is 2. The quantitative estimate of drug-likeness (QED) is 0.708. The molecule has 5 amide bonds. The van der Waals surface area contributed by atoms with E-state index >= 15 is 0 Å². The molecule has 2 aromatic carbocycles. The Kier molecular flexibility index (Phi) is 4.73. The number of nitrogens with one attached hydrogen (secondary N) is 1. The van der Waals surface area contributed by atoms with Crippen molar-refractivity contribution in [3.8, 4) is 0 Å². The number of primary amides is 1. The number of urea groups is 1. The zero-order valence-electron chi connectivity index (χ0n) is 17.5. The predicted molar refractivity (Wildman–Crippen MR) is 118 cm³/mol. The molecule has 2 atom stereocenters. The van der Waals surface area contributed by atoms with E-state index in [9.17, 15) is 19.2 Å². The third kappa shape index (κ3) is 2.90. The van der Waals surface area contributed by atoms with Crippen LogP contribution in [-0.2, 0) is 16.0 Å². The molecule has 164 valence electrons. The van der Waals surface area contributed by atoms with Crippen LogP contribution in [0.15, 0.2) is 48.5 Å². The lowest BCUT2D eigenvalue weighted by Gasteiger charge is -2.51. The van der Waals surface area contributed by atoms with Gasteiger partial charge in [-0.1, -0.05) is 31.0 Å². The van der Waals surface area contributed by atoms with Crippen LogP contribution < -0.4 is 20.9 Å². The van der Waals surface area contributed by atoms with Gasteiger partial charge in [-0.25, -0.2) is 9.69 Å². The summed E-state index contributed by atoms with van der Waals surface area (Å²) < 4.78 is 0. The molecule has 8 heteroatoms. The first-order chi connectivity index (χ1) is 15.4. The maximum Gasteiger partial charge on any atom is 0.335 e. The molecule has 2 aromatic rings. The van der Waals surface area contributed by atoms with E-state index < -0.39 is 29.2 Å². The molecule has 3 N–H and O–H groups in total. The van der Waals surface area contributed by atoms with Crippen molar-refractivity contribution in [2.45, 2.75) is 38.1 Å². The van der Waals surface area contributed by atoms with Crippen LogP contribution in [0.3, 0.4) is 0 Å². The first-order valence-electron chi connectivity index (χ1n) is 10.9. The van der Waals surface area contributed by atoms with E-state index in [4.69, 9.17) is 5.73 Å². The van der Waals surface area contributed by atoms with Crippen LogP contribution in [0.4, 0.5) is 16.2 Å². The number of imide groups is 2. The largest absolute Gasteiger partial charge is 0.367 e. The lowest BCUT2D eigenvalue weighted by Crippen LogP contribution is -2.72. The standard InChI is InChI=1S/C24H24N4O4/c25-20(29)15-9-11-17(12-10-15)28-22(31)24(21(30)26-23(28)32)14-16-6-3-4-7-18(16)27-13-5-1-2-8-19(24)27/h3-4,6-7,9-12,19H,1-2,5,8,13-14H2,(H2,25,29)(H,26,30,32)/t19-,24+/m1/s1. The van der Waals surface area contributed by atoms with Crippen molar-refractivity contribution in [1.29, 1.82) is 0 Å². The van der Waals surface area contributed by atoms with Crippen LogP contribution in [0, 0.1) is 5.41 Å². The maximum atomic E-state index is 14.0. The highest BCUT2D eigenvalue weighted by molar-refractivity contribution is 6.30. The highest BCUT2D eigenvalue weighted by Crippen LogP contribution is 2.47. The molecular weight excluding hydrogens is 408 g/mol. The van der Waals surface area contributed by atoms with Gasteiger partial charge in [-0.3, -0.25) is 19.7 Å². The third-order valence-corrected chi connectivity index (χ3v) is 6.92. The first-order valence-corrected chi connectivity index (χ1v) is 10.9. The fraction of sp³-hybridized carbons (Fsp3) is 0.333. The molecule has 0 unspecified atom stereocenters. The number of benzene rings is 2. The molecule has 0 saturated carbocycles. The zero-order chi connectivity index (χ0) is 22.5. The molecular formula is C24H24N4O4. The van der Waals surface area contributed by atoms with E-state index in [1.807, 2.05) is 24.3 Å². The van der Waals surface area contributed by atoms with E-state index in [2.05, 4.69) is 10.2 Å². The van der Waals surface area contributed by atoms with Crippen molar-refractivity contribution in [3.05, 3.63) is 59.7 Å². The zero-order valence-corrected chi connectivity index (χ0v) is 17.5. The lowest BCUT2D eigenvalue weighted by molar-refractivity contribution is -0.144. The average Bonchev–Trinajstić information content (AvgIpc) is 3.05. The smallest absolute Gasteiger partial charge is 0.335 e. The lowest BCUT2D eigenvalue weighted by atomic mass is 9.67. The minimum absolute atomic E-state index is 0.234. The summed E-state index contributed by atoms with van der Waals surface area (Å²) in [6.07, 6.45) is 3.84. The highest BCUT2D eigenvalue weighted by atomic mass is 16.2. The van der Waals surface area contributed by atoms with Gasteiger partial charge >= 0.3 is 6.03 Å². The Labute approximate surface area is 185 Å². The Hall–Kier alpha value is -3.68. The van der Waals surface area contributed by atoms with Gasteiger partial charge in [0.2, 0.25) is 11.8 Å². The summed E-state index contributed by atoms with van der Waals surface area (Å²) in [6.45, 7) is 0.755. The second kappa shape index (κ2) is 7.47. The minimum Gasteiger partial charge on any atom is -0.367 e.